The van der Waals surface area contributed by atoms with E-state index in [1.54, 1.807) is 19.2 Å². The molecule has 19 heavy (non-hydrogen) atoms. The highest BCUT2D eigenvalue weighted by Crippen LogP contribution is 2.16. The molecule has 1 aliphatic rings. The second-order valence-electron chi connectivity index (χ2n) is 5.34. The van der Waals surface area contributed by atoms with Gasteiger partial charge in [0, 0.05) is 29.3 Å². The van der Waals surface area contributed by atoms with Gasteiger partial charge in [-0.25, -0.2) is 0 Å². The van der Waals surface area contributed by atoms with Crippen LogP contribution in [0.4, 0.5) is 0 Å². The number of halogens is 1. The number of carbonyl (C=O) groups excluding carboxylic acids is 1. The lowest BCUT2D eigenvalue weighted by atomic mass is 9.99. The highest BCUT2D eigenvalue weighted by atomic mass is 79.9. The molecule has 2 heterocycles. The van der Waals surface area contributed by atoms with E-state index in [1.807, 2.05) is 4.90 Å². The van der Waals surface area contributed by atoms with Gasteiger partial charge in [-0.15, -0.1) is 0 Å². The van der Waals surface area contributed by atoms with Crippen molar-refractivity contribution in [1.82, 2.24) is 9.47 Å². The van der Waals surface area contributed by atoms with E-state index in [-0.39, 0.29) is 18.0 Å². The third kappa shape index (κ3) is 3.47. The lowest BCUT2D eigenvalue weighted by Gasteiger charge is -2.30. The topological polar surface area (TPSA) is 42.3 Å². The number of carbonyl (C=O) groups is 1. The molecular formula is C14H19BrN2O2. The van der Waals surface area contributed by atoms with Crippen molar-refractivity contribution >= 4 is 21.8 Å². The molecule has 1 aromatic rings. The average molecular weight is 327 g/mol. The molecule has 5 heteroatoms. The number of pyridine rings is 1. The van der Waals surface area contributed by atoms with E-state index in [0.29, 0.717) is 11.5 Å². The number of nitrogens with zero attached hydrogens (tertiary/aromatic N) is 2. The number of hydrogen-bond acceptors (Lipinski definition) is 2. The maximum Gasteiger partial charge on any atom is 0.253 e. The molecule has 2 rings (SSSR count). The fraction of sp³-hybridized carbons (Fsp3) is 0.571. The molecule has 0 atom stereocenters. The first-order valence-corrected chi connectivity index (χ1v) is 7.41. The lowest BCUT2D eigenvalue weighted by molar-refractivity contribution is -0.133. The van der Waals surface area contributed by atoms with Crippen LogP contribution < -0.4 is 5.56 Å². The molecule has 0 N–H and O–H groups in total. The standard InChI is InChI=1S/C14H19BrN2O2/c1-10-3-5-16(6-4-10)13(18)9-17-8-12(15)7-11(2)14(17)19/h7-8,10H,3-6,9H2,1-2H3. The van der Waals surface area contributed by atoms with Gasteiger partial charge >= 0.3 is 0 Å². The summed E-state index contributed by atoms with van der Waals surface area (Å²) in [6.45, 7) is 5.72. The van der Waals surface area contributed by atoms with Crippen LogP contribution in [0.5, 0.6) is 0 Å². The maximum atomic E-state index is 12.2. The van der Waals surface area contributed by atoms with E-state index in [0.717, 1.165) is 30.4 Å². The van der Waals surface area contributed by atoms with E-state index in [2.05, 4.69) is 22.9 Å². The highest BCUT2D eigenvalue weighted by Gasteiger charge is 2.20. The Labute approximate surface area is 121 Å². The molecule has 0 aliphatic carbocycles. The number of amides is 1. The molecule has 1 amide bonds. The van der Waals surface area contributed by atoms with Crippen LogP contribution in [0.3, 0.4) is 0 Å². The van der Waals surface area contributed by atoms with E-state index < -0.39 is 0 Å². The van der Waals surface area contributed by atoms with Gasteiger partial charge in [-0.3, -0.25) is 9.59 Å². The Hall–Kier alpha value is -1.10. The smallest absolute Gasteiger partial charge is 0.253 e. The SMILES string of the molecule is Cc1cc(Br)cn(CC(=O)N2CCC(C)CC2)c1=O. The van der Waals surface area contributed by atoms with Gasteiger partial charge < -0.3 is 9.47 Å². The molecule has 0 saturated carbocycles. The van der Waals surface area contributed by atoms with E-state index >= 15 is 0 Å². The Kier molecular flexibility index (Phi) is 4.45. The predicted octanol–water partition coefficient (Wildman–Crippen LogP) is 2.18. The Balaban J connectivity index is 2.09. The van der Waals surface area contributed by atoms with Gasteiger partial charge in [0.25, 0.3) is 5.56 Å². The van der Waals surface area contributed by atoms with Crippen molar-refractivity contribution in [3.63, 3.8) is 0 Å². The zero-order valence-electron chi connectivity index (χ0n) is 11.4. The second-order valence-corrected chi connectivity index (χ2v) is 6.25. The van der Waals surface area contributed by atoms with Crippen LogP contribution in [0, 0.1) is 12.8 Å². The van der Waals surface area contributed by atoms with Crippen molar-refractivity contribution < 1.29 is 4.79 Å². The summed E-state index contributed by atoms with van der Waals surface area (Å²) in [6.07, 6.45) is 3.79. The lowest BCUT2D eigenvalue weighted by Crippen LogP contribution is -2.41. The van der Waals surface area contributed by atoms with Gasteiger partial charge in [0.05, 0.1) is 0 Å². The first-order valence-electron chi connectivity index (χ1n) is 6.61. The summed E-state index contributed by atoms with van der Waals surface area (Å²) in [5.41, 5.74) is 0.552. The van der Waals surface area contributed by atoms with Crippen LogP contribution in [0.2, 0.25) is 0 Å². The molecule has 1 aliphatic heterocycles. The summed E-state index contributed by atoms with van der Waals surface area (Å²) in [5, 5.41) is 0. The van der Waals surface area contributed by atoms with Gasteiger partial charge in [-0.05, 0) is 47.7 Å². The van der Waals surface area contributed by atoms with E-state index in [9.17, 15) is 9.59 Å². The van der Waals surface area contributed by atoms with Crippen LogP contribution in [0.1, 0.15) is 25.3 Å². The molecule has 0 aromatic carbocycles. The van der Waals surface area contributed by atoms with Crippen molar-refractivity contribution in [2.24, 2.45) is 5.92 Å². The van der Waals surface area contributed by atoms with E-state index in [4.69, 9.17) is 0 Å². The zero-order valence-corrected chi connectivity index (χ0v) is 12.9. The Morgan fingerprint density at radius 3 is 2.68 bits per heavy atom. The van der Waals surface area contributed by atoms with Crippen molar-refractivity contribution in [3.05, 3.63) is 32.7 Å². The third-order valence-corrected chi connectivity index (χ3v) is 4.11. The minimum absolute atomic E-state index is 0.0338. The van der Waals surface area contributed by atoms with Gasteiger partial charge in [0.1, 0.15) is 6.54 Å². The first-order chi connectivity index (χ1) is 8.97. The number of likely N-dealkylation sites (tertiary alicyclic amines) is 1. The largest absolute Gasteiger partial charge is 0.341 e. The Bertz CT molecular complexity index is 531. The zero-order chi connectivity index (χ0) is 14.0. The molecule has 1 saturated heterocycles. The summed E-state index contributed by atoms with van der Waals surface area (Å²) in [4.78, 5) is 26.0. The van der Waals surface area contributed by atoms with Crippen molar-refractivity contribution in [1.29, 1.82) is 0 Å². The summed E-state index contributed by atoms with van der Waals surface area (Å²) in [7, 11) is 0. The average Bonchev–Trinajstić information content (AvgIpc) is 2.36. The van der Waals surface area contributed by atoms with Gasteiger partial charge in [-0.1, -0.05) is 6.92 Å². The van der Waals surface area contributed by atoms with Crippen LogP contribution in [0.15, 0.2) is 21.5 Å². The maximum absolute atomic E-state index is 12.2. The normalized spacial score (nSPS) is 16.7. The predicted molar refractivity (Wildman–Crippen MR) is 78.1 cm³/mol. The fourth-order valence-electron chi connectivity index (χ4n) is 2.36. The number of aromatic nitrogens is 1. The van der Waals surface area contributed by atoms with Crippen molar-refractivity contribution in [2.75, 3.05) is 13.1 Å². The minimum Gasteiger partial charge on any atom is -0.341 e. The number of piperidine rings is 1. The molecule has 0 unspecified atom stereocenters. The quantitative estimate of drug-likeness (QED) is 0.836. The van der Waals surface area contributed by atoms with Crippen LogP contribution in [-0.2, 0) is 11.3 Å². The van der Waals surface area contributed by atoms with Crippen LogP contribution in [-0.4, -0.2) is 28.5 Å². The summed E-state index contributed by atoms with van der Waals surface area (Å²) < 4.78 is 2.31. The highest BCUT2D eigenvalue weighted by molar-refractivity contribution is 9.10. The first kappa shape index (κ1) is 14.3. The van der Waals surface area contributed by atoms with Crippen LogP contribution >= 0.6 is 15.9 Å². The molecule has 0 bridgehead atoms. The van der Waals surface area contributed by atoms with E-state index in [1.165, 1.54) is 4.57 Å². The molecule has 1 aromatic heterocycles. The molecule has 1 fully saturated rings. The third-order valence-electron chi connectivity index (χ3n) is 3.67. The fourth-order valence-corrected chi connectivity index (χ4v) is 2.95. The molecule has 0 radical (unpaired) electrons. The molecule has 4 nitrogen and oxygen atoms in total. The van der Waals surface area contributed by atoms with Gasteiger partial charge in [0.15, 0.2) is 0 Å². The van der Waals surface area contributed by atoms with Gasteiger partial charge in [-0.2, -0.15) is 0 Å². The summed E-state index contributed by atoms with van der Waals surface area (Å²) in [6, 6.07) is 1.77. The molecule has 104 valence electrons. The molecular weight excluding hydrogens is 308 g/mol. The summed E-state index contributed by atoms with van der Waals surface area (Å²) in [5.74, 6) is 0.728. The number of hydrogen-bond donors (Lipinski definition) is 0. The Morgan fingerprint density at radius 1 is 1.42 bits per heavy atom. The molecule has 0 spiro atoms. The summed E-state index contributed by atoms with van der Waals surface area (Å²) >= 11 is 3.36. The van der Waals surface area contributed by atoms with Crippen molar-refractivity contribution in [3.8, 4) is 0 Å². The number of rotatable bonds is 2. The Morgan fingerprint density at radius 2 is 2.05 bits per heavy atom. The van der Waals surface area contributed by atoms with Crippen molar-refractivity contribution in [2.45, 2.75) is 33.2 Å². The minimum atomic E-state index is -0.0954. The number of aryl methyl sites for hydroxylation is 1. The monoisotopic (exact) mass is 326 g/mol. The van der Waals surface area contributed by atoms with Crippen LogP contribution in [0.25, 0.3) is 0 Å². The second kappa shape index (κ2) is 5.90. The van der Waals surface area contributed by atoms with Gasteiger partial charge in [0.2, 0.25) is 5.91 Å².